The van der Waals surface area contributed by atoms with Crippen LogP contribution < -0.4 is 9.64 Å². The Kier molecular flexibility index (Phi) is 5.00. The van der Waals surface area contributed by atoms with Crippen molar-refractivity contribution in [2.45, 2.75) is 31.8 Å². The second kappa shape index (κ2) is 7.40. The van der Waals surface area contributed by atoms with Crippen LogP contribution in [-0.4, -0.2) is 60.3 Å². The summed E-state index contributed by atoms with van der Waals surface area (Å²) in [4.78, 5) is 21.8. The van der Waals surface area contributed by atoms with Crippen molar-refractivity contribution in [3.63, 3.8) is 0 Å². The largest absolute Gasteiger partial charge is 0.497 e. The summed E-state index contributed by atoms with van der Waals surface area (Å²) >= 11 is 1.66. The highest BCUT2D eigenvalue weighted by Gasteiger charge is 2.32. The van der Waals surface area contributed by atoms with Gasteiger partial charge in [0.2, 0.25) is 5.91 Å². The molecule has 2 aliphatic heterocycles. The maximum atomic E-state index is 12.9. The molecule has 0 aliphatic carbocycles. The highest BCUT2D eigenvalue weighted by molar-refractivity contribution is 7.22. The molecule has 1 N–H and O–H groups in total. The summed E-state index contributed by atoms with van der Waals surface area (Å²) in [6, 6.07) is 5.93. The lowest BCUT2D eigenvalue weighted by Gasteiger charge is -2.37. The first kappa shape index (κ1) is 17.5. The lowest BCUT2D eigenvalue weighted by atomic mass is 9.95. The number of rotatable bonds is 3. The first-order valence-corrected chi connectivity index (χ1v) is 10.1. The van der Waals surface area contributed by atoms with Gasteiger partial charge in [0.1, 0.15) is 5.75 Å². The third kappa shape index (κ3) is 3.50. The average Bonchev–Trinajstić information content (AvgIpc) is 3.11. The van der Waals surface area contributed by atoms with Crippen molar-refractivity contribution < 1.29 is 14.6 Å². The molecule has 2 aliphatic rings. The van der Waals surface area contributed by atoms with Crippen molar-refractivity contribution in [2.75, 3.05) is 38.2 Å². The van der Waals surface area contributed by atoms with E-state index in [-0.39, 0.29) is 17.9 Å². The summed E-state index contributed by atoms with van der Waals surface area (Å²) in [6.45, 7) is 3.03. The van der Waals surface area contributed by atoms with Crippen LogP contribution in [0.1, 0.15) is 25.7 Å². The number of ether oxygens (including phenoxy) is 1. The Hall–Kier alpha value is -1.86. The number of amides is 1. The number of aliphatic hydroxyl groups is 1. The van der Waals surface area contributed by atoms with Gasteiger partial charge in [0.25, 0.3) is 0 Å². The zero-order valence-electron chi connectivity index (χ0n) is 15.1. The van der Waals surface area contributed by atoms with Crippen LogP contribution in [0, 0.1) is 5.92 Å². The number of carbonyl (C=O) groups excluding carboxylic acids is 1. The van der Waals surface area contributed by atoms with Crippen LogP contribution in [0.2, 0.25) is 0 Å². The van der Waals surface area contributed by atoms with E-state index in [9.17, 15) is 9.90 Å². The van der Waals surface area contributed by atoms with Gasteiger partial charge in [-0.3, -0.25) is 4.79 Å². The van der Waals surface area contributed by atoms with Gasteiger partial charge < -0.3 is 19.6 Å². The smallest absolute Gasteiger partial charge is 0.227 e. The number of aromatic nitrogens is 1. The number of nitrogens with zero attached hydrogens (tertiary/aromatic N) is 3. The predicted molar refractivity (Wildman–Crippen MR) is 103 cm³/mol. The van der Waals surface area contributed by atoms with Crippen molar-refractivity contribution in [1.82, 2.24) is 9.88 Å². The monoisotopic (exact) mass is 375 g/mol. The van der Waals surface area contributed by atoms with E-state index in [0.29, 0.717) is 25.9 Å². The Labute approximate surface area is 157 Å². The molecule has 1 aromatic heterocycles. The summed E-state index contributed by atoms with van der Waals surface area (Å²) in [5, 5.41) is 10.6. The molecule has 6 nitrogen and oxygen atoms in total. The van der Waals surface area contributed by atoms with E-state index >= 15 is 0 Å². The van der Waals surface area contributed by atoms with Crippen LogP contribution in [0.3, 0.4) is 0 Å². The minimum atomic E-state index is -0.248. The molecule has 0 radical (unpaired) electrons. The molecule has 140 valence electrons. The Morgan fingerprint density at radius 2 is 2.08 bits per heavy atom. The number of fused-ring (bicyclic) bond motifs is 1. The number of likely N-dealkylation sites (tertiary alicyclic amines) is 1. The number of hydrogen-bond donors (Lipinski definition) is 1. The number of piperidine rings is 2. The van der Waals surface area contributed by atoms with Crippen LogP contribution in [0.5, 0.6) is 5.75 Å². The maximum absolute atomic E-state index is 12.9. The van der Waals surface area contributed by atoms with Crippen molar-refractivity contribution in [3.8, 4) is 5.75 Å². The molecule has 0 bridgehead atoms. The summed E-state index contributed by atoms with van der Waals surface area (Å²) in [6.07, 6.45) is 3.09. The van der Waals surface area contributed by atoms with Gasteiger partial charge in [-0.1, -0.05) is 11.3 Å². The molecular weight excluding hydrogens is 350 g/mol. The molecular formula is C19H25N3O3S. The maximum Gasteiger partial charge on any atom is 0.227 e. The van der Waals surface area contributed by atoms with Crippen molar-refractivity contribution >= 4 is 32.6 Å². The van der Waals surface area contributed by atoms with E-state index in [0.717, 1.165) is 47.0 Å². The molecule has 3 heterocycles. The summed E-state index contributed by atoms with van der Waals surface area (Å²) in [7, 11) is 1.67. The summed E-state index contributed by atoms with van der Waals surface area (Å²) in [5.74, 6) is 1.11. The topological polar surface area (TPSA) is 65.9 Å². The molecule has 1 aromatic carbocycles. The highest BCUT2D eigenvalue weighted by Crippen LogP contribution is 2.34. The molecule has 2 aromatic rings. The third-order valence-corrected chi connectivity index (χ3v) is 6.48. The van der Waals surface area contributed by atoms with Gasteiger partial charge in [0.15, 0.2) is 5.13 Å². The zero-order valence-corrected chi connectivity index (χ0v) is 15.9. The second-order valence-electron chi connectivity index (χ2n) is 7.17. The molecule has 0 spiro atoms. The Morgan fingerprint density at radius 3 is 2.85 bits per heavy atom. The fourth-order valence-electron chi connectivity index (χ4n) is 3.85. The first-order chi connectivity index (χ1) is 12.6. The SMILES string of the molecule is COc1ccc2nc(N3CCCC(C(=O)N4CCC(O)CC4)C3)sc2c1. The number of hydrogen-bond acceptors (Lipinski definition) is 6. The van der Waals surface area contributed by atoms with Crippen LogP contribution in [0.4, 0.5) is 5.13 Å². The Bertz CT molecular complexity index is 785. The highest BCUT2D eigenvalue weighted by atomic mass is 32.1. The van der Waals surface area contributed by atoms with Gasteiger partial charge in [0.05, 0.1) is 29.3 Å². The van der Waals surface area contributed by atoms with Crippen LogP contribution in [0.25, 0.3) is 10.2 Å². The Morgan fingerprint density at radius 1 is 1.27 bits per heavy atom. The number of benzene rings is 1. The van der Waals surface area contributed by atoms with E-state index in [4.69, 9.17) is 9.72 Å². The second-order valence-corrected chi connectivity index (χ2v) is 8.18. The van der Waals surface area contributed by atoms with Gasteiger partial charge in [-0.15, -0.1) is 0 Å². The number of aliphatic hydroxyl groups excluding tert-OH is 1. The molecule has 2 saturated heterocycles. The van der Waals surface area contributed by atoms with Crippen molar-refractivity contribution in [2.24, 2.45) is 5.92 Å². The lowest BCUT2D eigenvalue weighted by Crippen LogP contribution is -2.48. The van der Waals surface area contributed by atoms with Gasteiger partial charge >= 0.3 is 0 Å². The minimum absolute atomic E-state index is 0.0283. The van der Waals surface area contributed by atoms with Crippen LogP contribution in [-0.2, 0) is 4.79 Å². The van der Waals surface area contributed by atoms with Crippen molar-refractivity contribution in [1.29, 1.82) is 0 Å². The number of thiazole rings is 1. The Balaban J connectivity index is 1.47. The molecule has 1 atom stereocenters. The normalized spacial score (nSPS) is 22.0. The van der Waals surface area contributed by atoms with Gasteiger partial charge in [-0.25, -0.2) is 4.98 Å². The fraction of sp³-hybridized carbons (Fsp3) is 0.579. The van der Waals surface area contributed by atoms with Gasteiger partial charge in [-0.05, 0) is 43.9 Å². The van der Waals surface area contributed by atoms with Gasteiger partial charge in [0, 0.05) is 26.2 Å². The quantitative estimate of drug-likeness (QED) is 0.893. The summed E-state index contributed by atoms with van der Waals surface area (Å²) in [5.41, 5.74) is 0.976. The number of anilines is 1. The number of methoxy groups -OCH3 is 1. The number of carbonyl (C=O) groups is 1. The molecule has 7 heteroatoms. The van der Waals surface area contributed by atoms with E-state index in [2.05, 4.69) is 4.90 Å². The first-order valence-electron chi connectivity index (χ1n) is 9.30. The van der Waals surface area contributed by atoms with E-state index in [1.54, 1.807) is 18.4 Å². The minimum Gasteiger partial charge on any atom is -0.497 e. The van der Waals surface area contributed by atoms with Crippen LogP contribution >= 0.6 is 11.3 Å². The zero-order chi connectivity index (χ0) is 18.1. The van der Waals surface area contributed by atoms with Crippen molar-refractivity contribution in [3.05, 3.63) is 18.2 Å². The third-order valence-electron chi connectivity index (χ3n) is 5.40. The standard InChI is InChI=1S/C19H25N3O3S/c1-25-15-4-5-16-17(11-15)26-19(20-16)22-8-2-3-13(12-22)18(24)21-9-6-14(23)7-10-21/h4-5,11,13-14,23H,2-3,6-10,12H2,1H3. The van der Waals surface area contributed by atoms with E-state index in [1.165, 1.54) is 0 Å². The lowest BCUT2D eigenvalue weighted by molar-refractivity contribution is -0.137. The van der Waals surface area contributed by atoms with Crippen LogP contribution in [0.15, 0.2) is 18.2 Å². The summed E-state index contributed by atoms with van der Waals surface area (Å²) < 4.78 is 6.41. The molecule has 1 unspecified atom stereocenters. The van der Waals surface area contributed by atoms with E-state index in [1.807, 2.05) is 23.1 Å². The predicted octanol–water partition coefficient (Wildman–Crippen LogP) is 2.50. The van der Waals surface area contributed by atoms with E-state index < -0.39 is 0 Å². The van der Waals surface area contributed by atoms with Gasteiger partial charge in [-0.2, -0.15) is 0 Å². The molecule has 1 amide bonds. The molecule has 4 rings (SSSR count). The molecule has 26 heavy (non-hydrogen) atoms. The average molecular weight is 375 g/mol. The molecule has 0 saturated carbocycles. The fourth-order valence-corrected chi connectivity index (χ4v) is 4.88. The molecule has 2 fully saturated rings.